The van der Waals surface area contributed by atoms with E-state index in [1.165, 1.54) is 0 Å². The van der Waals surface area contributed by atoms with E-state index in [1.54, 1.807) is 13.3 Å². The molecule has 22 heavy (non-hydrogen) atoms. The fraction of sp³-hybridized carbons (Fsp3) is 0.412. The minimum Gasteiger partial charge on any atom is -0.496 e. The van der Waals surface area contributed by atoms with Gasteiger partial charge in [-0.1, -0.05) is 25.1 Å². The lowest BCUT2D eigenvalue weighted by Crippen LogP contribution is -2.25. The molecule has 5 nitrogen and oxygen atoms in total. The summed E-state index contributed by atoms with van der Waals surface area (Å²) in [5.74, 6) is 1.75. The second-order valence-corrected chi connectivity index (χ2v) is 5.13. The number of carbonyl (C=O) groups excluding carboxylic acids is 1. The molecular formula is C17H23N3O2. The van der Waals surface area contributed by atoms with E-state index >= 15 is 0 Å². The number of methoxy groups -OCH3 is 1. The Labute approximate surface area is 131 Å². The van der Waals surface area contributed by atoms with Crippen LogP contribution in [0.3, 0.4) is 0 Å². The highest BCUT2D eigenvalue weighted by Gasteiger charge is 2.08. The largest absolute Gasteiger partial charge is 0.496 e. The normalized spacial score (nSPS) is 10.5. The van der Waals surface area contributed by atoms with E-state index in [0.717, 1.165) is 30.1 Å². The van der Waals surface area contributed by atoms with Gasteiger partial charge in [0.15, 0.2) is 0 Å². The Kier molecular flexibility index (Phi) is 6.01. The summed E-state index contributed by atoms with van der Waals surface area (Å²) >= 11 is 0. The van der Waals surface area contributed by atoms with Crippen molar-refractivity contribution in [1.82, 2.24) is 14.9 Å². The van der Waals surface area contributed by atoms with Crippen molar-refractivity contribution in [3.05, 3.63) is 48.0 Å². The van der Waals surface area contributed by atoms with Crippen LogP contribution < -0.4 is 10.1 Å². The van der Waals surface area contributed by atoms with Crippen LogP contribution in [-0.4, -0.2) is 22.6 Å². The molecule has 0 aliphatic heterocycles. The average molecular weight is 301 g/mol. The number of rotatable bonds is 8. The lowest BCUT2D eigenvalue weighted by molar-refractivity contribution is -0.121. The maximum absolute atomic E-state index is 12.0. The van der Waals surface area contributed by atoms with E-state index in [2.05, 4.69) is 21.8 Å². The van der Waals surface area contributed by atoms with Crippen LogP contribution in [0.1, 0.15) is 31.2 Å². The van der Waals surface area contributed by atoms with E-state index in [4.69, 9.17) is 4.74 Å². The molecule has 2 aromatic rings. The minimum atomic E-state index is 0.0250. The molecule has 0 saturated carbocycles. The Morgan fingerprint density at radius 2 is 2.18 bits per heavy atom. The summed E-state index contributed by atoms with van der Waals surface area (Å²) in [4.78, 5) is 16.3. The van der Waals surface area contributed by atoms with Crippen LogP contribution in [0.2, 0.25) is 0 Å². The van der Waals surface area contributed by atoms with Crippen molar-refractivity contribution in [2.45, 2.75) is 39.3 Å². The third-order valence-electron chi connectivity index (χ3n) is 3.52. The molecule has 1 heterocycles. The van der Waals surface area contributed by atoms with Crippen LogP contribution in [0, 0.1) is 0 Å². The SMILES string of the molecule is CCCn1ccnc1CNC(=O)CCc1ccccc1OC. The number of aryl methyl sites for hydroxylation is 2. The number of hydrogen-bond acceptors (Lipinski definition) is 3. The molecule has 0 fully saturated rings. The van der Waals surface area contributed by atoms with Crippen LogP contribution in [0.25, 0.3) is 0 Å². The lowest BCUT2D eigenvalue weighted by atomic mass is 10.1. The predicted octanol–water partition coefficient (Wildman–Crippen LogP) is 2.55. The van der Waals surface area contributed by atoms with Gasteiger partial charge in [0.05, 0.1) is 13.7 Å². The standard InChI is InChI=1S/C17H23N3O2/c1-3-11-20-12-10-18-16(20)13-19-17(21)9-8-14-6-4-5-7-15(14)22-2/h4-7,10,12H,3,8-9,11,13H2,1-2H3,(H,19,21). The molecule has 0 unspecified atom stereocenters. The van der Waals surface area contributed by atoms with Crippen molar-refractivity contribution in [1.29, 1.82) is 0 Å². The Bertz CT molecular complexity index is 607. The Hall–Kier alpha value is -2.30. The van der Waals surface area contributed by atoms with Crippen LogP contribution in [0.4, 0.5) is 0 Å². The molecule has 0 bridgehead atoms. The van der Waals surface area contributed by atoms with E-state index in [1.807, 2.05) is 30.5 Å². The van der Waals surface area contributed by atoms with E-state index < -0.39 is 0 Å². The highest BCUT2D eigenvalue weighted by Crippen LogP contribution is 2.18. The van der Waals surface area contributed by atoms with Crippen LogP contribution in [0.5, 0.6) is 5.75 Å². The number of nitrogens with zero attached hydrogens (tertiary/aromatic N) is 2. The number of amides is 1. The number of nitrogens with one attached hydrogen (secondary N) is 1. The second kappa shape index (κ2) is 8.22. The smallest absolute Gasteiger partial charge is 0.220 e. The monoisotopic (exact) mass is 301 g/mol. The van der Waals surface area contributed by atoms with Crippen LogP contribution in [-0.2, 0) is 24.3 Å². The predicted molar refractivity (Wildman–Crippen MR) is 85.7 cm³/mol. The van der Waals surface area contributed by atoms with Crippen molar-refractivity contribution in [3.8, 4) is 5.75 Å². The van der Waals surface area contributed by atoms with Gasteiger partial charge in [0.2, 0.25) is 5.91 Å². The van der Waals surface area contributed by atoms with Crippen LogP contribution >= 0.6 is 0 Å². The zero-order valence-electron chi connectivity index (χ0n) is 13.2. The summed E-state index contributed by atoms with van der Waals surface area (Å²) in [5.41, 5.74) is 1.05. The van der Waals surface area contributed by atoms with Gasteiger partial charge in [-0.15, -0.1) is 0 Å². The third-order valence-corrected chi connectivity index (χ3v) is 3.52. The van der Waals surface area contributed by atoms with Gasteiger partial charge >= 0.3 is 0 Å². The zero-order valence-corrected chi connectivity index (χ0v) is 13.2. The van der Waals surface area contributed by atoms with Gasteiger partial charge in [-0.2, -0.15) is 0 Å². The molecule has 5 heteroatoms. The van der Waals surface area contributed by atoms with Gasteiger partial charge in [0, 0.05) is 25.4 Å². The van der Waals surface area contributed by atoms with Gasteiger partial charge in [0.1, 0.15) is 11.6 Å². The Balaban J connectivity index is 1.82. The first-order valence-corrected chi connectivity index (χ1v) is 7.63. The summed E-state index contributed by atoms with van der Waals surface area (Å²) in [7, 11) is 1.65. The first kappa shape index (κ1) is 16.1. The molecule has 0 spiro atoms. The van der Waals surface area contributed by atoms with Crippen molar-refractivity contribution in [2.75, 3.05) is 7.11 Å². The lowest BCUT2D eigenvalue weighted by Gasteiger charge is -2.09. The fourth-order valence-electron chi connectivity index (χ4n) is 2.38. The molecule has 0 aliphatic carbocycles. The number of imidazole rings is 1. The molecular weight excluding hydrogens is 278 g/mol. The number of benzene rings is 1. The Morgan fingerprint density at radius 1 is 1.36 bits per heavy atom. The molecule has 0 aliphatic rings. The quantitative estimate of drug-likeness (QED) is 0.815. The summed E-state index contributed by atoms with van der Waals surface area (Å²) in [5, 5.41) is 2.93. The molecule has 1 aromatic carbocycles. The highest BCUT2D eigenvalue weighted by atomic mass is 16.5. The van der Waals surface area contributed by atoms with Crippen molar-refractivity contribution < 1.29 is 9.53 Å². The fourth-order valence-corrected chi connectivity index (χ4v) is 2.38. The van der Waals surface area contributed by atoms with E-state index in [0.29, 0.717) is 19.4 Å². The second-order valence-electron chi connectivity index (χ2n) is 5.13. The number of carbonyl (C=O) groups is 1. The molecule has 0 atom stereocenters. The van der Waals surface area contributed by atoms with Gasteiger partial charge in [-0.25, -0.2) is 4.98 Å². The summed E-state index contributed by atoms with van der Waals surface area (Å²) in [6.07, 6.45) is 5.87. The zero-order chi connectivity index (χ0) is 15.8. The number of para-hydroxylation sites is 1. The summed E-state index contributed by atoms with van der Waals surface area (Å²) in [6.45, 7) is 3.51. The van der Waals surface area contributed by atoms with Crippen molar-refractivity contribution in [2.24, 2.45) is 0 Å². The Morgan fingerprint density at radius 3 is 2.95 bits per heavy atom. The van der Waals surface area contributed by atoms with Crippen molar-refractivity contribution >= 4 is 5.91 Å². The van der Waals surface area contributed by atoms with Crippen molar-refractivity contribution in [3.63, 3.8) is 0 Å². The van der Waals surface area contributed by atoms with Gasteiger partial charge in [-0.3, -0.25) is 4.79 Å². The number of aromatic nitrogens is 2. The molecule has 1 amide bonds. The maximum Gasteiger partial charge on any atom is 0.220 e. The van der Waals surface area contributed by atoms with Gasteiger partial charge in [-0.05, 0) is 24.5 Å². The third kappa shape index (κ3) is 4.35. The molecule has 1 N–H and O–H groups in total. The average Bonchev–Trinajstić information content (AvgIpc) is 2.99. The highest BCUT2D eigenvalue weighted by molar-refractivity contribution is 5.76. The topological polar surface area (TPSA) is 56.2 Å². The van der Waals surface area contributed by atoms with Gasteiger partial charge < -0.3 is 14.6 Å². The summed E-state index contributed by atoms with van der Waals surface area (Å²) < 4.78 is 7.36. The molecule has 0 saturated heterocycles. The first-order valence-electron chi connectivity index (χ1n) is 7.63. The molecule has 118 valence electrons. The minimum absolute atomic E-state index is 0.0250. The molecule has 0 radical (unpaired) electrons. The van der Waals surface area contributed by atoms with Gasteiger partial charge in [0.25, 0.3) is 0 Å². The van der Waals surface area contributed by atoms with E-state index in [-0.39, 0.29) is 5.91 Å². The number of ether oxygens (including phenoxy) is 1. The molecule has 2 rings (SSSR count). The first-order chi connectivity index (χ1) is 10.7. The van der Waals surface area contributed by atoms with E-state index in [9.17, 15) is 4.79 Å². The number of hydrogen-bond donors (Lipinski definition) is 1. The maximum atomic E-state index is 12.0. The summed E-state index contributed by atoms with van der Waals surface area (Å²) in [6, 6.07) is 7.78. The molecule has 1 aromatic heterocycles. The van der Waals surface area contributed by atoms with Crippen LogP contribution in [0.15, 0.2) is 36.7 Å².